The lowest BCUT2D eigenvalue weighted by molar-refractivity contribution is 0.00429. The Labute approximate surface area is 147 Å². The summed E-state index contributed by atoms with van der Waals surface area (Å²) in [4.78, 5) is 27.1. The van der Waals surface area contributed by atoms with Gasteiger partial charge in [-0.1, -0.05) is 6.07 Å². The highest BCUT2D eigenvalue weighted by atomic mass is 16.1. The fourth-order valence-electron chi connectivity index (χ4n) is 4.08. The summed E-state index contributed by atoms with van der Waals surface area (Å²) in [6.07, 6.45) is 11.1. The van der Waals surface area contributed by atoms with Gasteiger partial charge in [-0.2, -0.15) is 0 Å². The molecular formula is C19H23N5O. The van der Waals surface area contributed by atoms with Crippen molar-refractivity contribution < 1.29 is 4.79 Å². The number of nitrogens with one attached hydrogen (secondary N) is 1. The van der Waals surface area contributed by atoms with E-state index in [9.17, 15) is 4.79 Å². The number of hydrogen-bond acceptors (Lipinski definition) is 5. The normalized spacial score (nSPS) is 20.2. The van der Waals surface area contributed by atoms with Gasteiger partial charge in [0.1, 0.15) is 5.69 Å². The lowest BCUT2D eigenvalue weighted by Gasteiger charge is -2.52. The lowest BCUT2D eigenvalue weighted by atomic mass is 9.60. The number of aromatic nitrogens is 3. The van der Waals surface area contributed by atoms with Crippen LogP contribution in [0.5, 0.6) is 0 Å². The van der Waals surface area contributed by atoms with Gasteiger partial charge in [-0.25, -0.2) is 4.98 Å². The molecular weight excluding hydrogens is 314 g/mol. The first-order valence-corrected chi connectivity index (χ1v) is 8.92. The lowest BCUT2D eigenvalue weighted by Crippen LogP contribution is -2.54. The summed E-state index contributed by atoms with van der Waals surface area (Å²) in [6.45, 7) is 3.16. The van der Waals surface area contributed by atoms with Crippen molar-refractivity contribution in [1.29, 1.82) is 0 Å². The van der Waals surface area contributed by atoms with Gasteiger partial charge in [-0.3, -0.25) is 19.7 Å². The number of rotatable bonds is 4. The average Bonchev–Trinajstić information content (AvgIpc) is 2.63. The third kappa shape index (κ3) is 3.69. The molecule has 0 unspecified atom stereocenters. The SMILES string of the molecule is O=C(NC1CC2(CCN(Cc3ccccn3)CC2)C1)c1cnccn1. The van der Waals surface area contributed by atoms with Gasteiger partial charge in [0.25, 0.3) is 5.91 Å². The van der Waals surface area contributed by atoms with Gasteiger partial charge >= 0.3 is 0 Å². The Hall–Kier alpha value is -2.34. The maximum absolute atomic E-state index is 12.1. The minimum Gasteiger partial charge on any atom is -0.348 e. The summed E-state index contributed by atoms with van der Waals surface area (Å²) >= 11 is 0. The molecule has 1 aliphatic heterocycles. The molecule has 2 aliphatic rings. The van der Waals surface area contributed by atoms with Crippen molar-refractivity contribution in [2.45, 2.75) is 38.3 Å². The molecule has 3 heterocycles. The molecule has 25 heavy (non-hydrogen) atoms. The van der Waals surface area contributed by atoms with Crippen molar-refractivity contribution in [1.82, 2.24) is 25.2 Å². The van der Waals surface area contributed by atoms with Gasteiger partial charge in [0, 0.05) is 31.2 Å². The number of pyridine rings is 1. The average molecular weight is 337 g/mol. The fraction of sp³-hybridized carbons (Fsp3) is 0.474. The number of carbonyl (C=O) groups is 1. The van der Waals surface area contributed by atoms with Gasteiger partial charge in [0.05, 0.1) is 11.9 Å². The molecule has 0 bridgehead atoms. The standard InChI is InChI=1S/C19H23N5O/c25-18(17-13-20-7-8-22-17)23-16-11-19(12-16)4-9-24(10-5-19)14-15-3-1-2-6-21-15/h1-3,6-8,13,16H,4-5,9-12,14H2,(H,23,25). The van der Waals surface area contributed by atoms with E-state index in [-0.39, 0.29) is 11.9 Å². The summed E-state index contributed by atoms with van der Waals surface area (Å²) in [6, 6.07) is 6.37. The molecule has 4 rings (SSSR count). The number of likely N-dealkylation sites (tertiary alicyclic amines) is 1. The molecule has 2 fully saturated rings. The molecule has 2 aromatic rings. The zero-order valence-electron chi connectivity index (χ0n) is 14.3. The molecule has 1 saturated carbocycles. The first kappa shape index (κ1) is 16.1. The summed E-state index contributed by atoms with van der Waals surface area (Å²) in [5, 5.41) is 3.09. The van der Waals surface area contributed by atoms with Gasteiger partial charge in [-0.15, -0.1) is 0 Å². The van der Waals surface area contributed by atoms with Crippen LogP contribution >= 0.6 is 0 Å². The Kier molecular flexibility index (Phi) is 4.44. The van der Waals surface area contributed by atoms with Crippen molar-refractivity contribution in [3.05, 3.63) is 54.4 Å². The molecule has 6 heteroatoms. The minimum atomic E-state index is -0.111. The largest absolute Gasteiger partial charge is 0.348 e. The van der Waals surface area contributed by atoms with E-state index in [0.717, 1.165) is 38.2 Å². The van der Waals surface area contributed by atoms with E-state index in [4.69, 9.17) is 0 Å². The minimum absolute atomic E-state index is 0.111. The molecule has 0 aromatic carbocycles. The van der Waals surface area contributed by atoms with E-state index in [1.165, 1.54) is 19.0 Å². The number of piperidine rings is 1. The van der Waals surface area contributed by atoms with Crippen LogP contribution in [0, 0.1) is 5.41 Å². The quantitative estimate of drug-likeness (QED) is 0.924. The predicted molar refractivity (Wildman–Crippen MR) is 93.7 cm³/mol. The number of amides is 1. The highest BCUT2D eigenvalue weighted by Gasteiger charge is 2.46. The summed E-state index contributed by atoms with van der Waals surface area (Å²) in [5.74, 6) is -0.111. The Balaban J connectivity index is 1.23. The van der Waals surface area contributed by atoms with Crippen LogP contribution in [-0.2, 0) is 6.54 Å². The molecule has 2 aromatic heterocycles. The fourth-order valence-corrected chi connectivity index (χ4v) is 4.08. The maximum Gasteiger partial charge on any atom is 0.271 e. The summed E-state index contributed by atoms with van der Waals surface area (Å²) in [7, 11) is 0. The summed E-state index contributed by atoms with van der Waals surface area (Å²) in [5.41, 5.74) is 1.95. The molecule has 1 saturated heterocycles. The van der Waals surface area contributed by atoms with Crippen LogP contribution in [0.25, 0.3) is 0 Å². The molecule has 130 valence electrons. The maximum atomic E-state index is 12.1. The molecule has 1 spiro atoms. The van der Waals surface area contributed by atoms with E-state index in [0.29, 0.717) is 11.1 Å². The van der Waals surface area contributed by atoms with Crippen LogP contribution in [0.4, 0.5) is 0 Å². The van der Waals surface area contributed by atoms with Crippen molar-refractivity contribution in [2.75, 3.05) is 13.1 Å². The zero-order valence-corrected chi connectivity index (χ0v) is 14.3. The van der Waals surface area contributed by atoms with E-state index < -0.39 is 0 Å². The second kappa shape index (κ2) is 6.88. The Morgan fingerprint density at radius 2 is 2.00 bits per heavy atom. The molecule has 0 radical (unpaired) electrons. The highest BCUT2D eigenvalue weighted by molar-refractivity contribution is 5.92. The first-order chi connectivity index (χ1) is 12.2. The highest BCUT2D eigenvalue weighted by Crippen LogP contribution is 2.49. The monoisotopic (exact) mass is 337 g/mol. The van der Waals surface area contributed by atoms with Gasteiger partial charge in [0.2, 0.25) is 0 Å². The van der Waals surface area contributed by atoms with Crippen molar-refractivity contribution in [2.24, 2.45) is 5.41 Å². The molecule has 0 atom stereocenters. The van der Waals surface area contributed by atoms with Crippen LogP contribution in [0.1, 0.15) is 41.9 Å². The first-order valence-electron chi connectivity index (χ1n) is 8.92. The Bertz CT molecular complexity index is 705. The molecule has 6 nitrogen and oxygen atoms in total. The van der Waals surface area contributed by atoms with Gasteiger partial charge in [-0.05, 0) is 56.3 Å². The predicted octanol–water partition coefficient (Wildman–Crippen LogP) is 2.05. The van der Waals surface area contributed by atoms with Crippen molar-refractivity contribution in [3.63, 3.8) is 0 Å². The summed E-state index contributed by atoms with van der Waals surface area (Å²) < 4.78 is 0. The second-order valence-electron chi connectivity index (χ2n) is 7.27. The topological polar surface area (TPSA) is 71.0 Å². The smallest absolute Gasteiger partial charge is 0.271 e. The van der Waals surface area contributed by atoms with Crippen LogP contribution in [0.3, 0.4) is 0 Å². The number of hydrogen-bond donors (Lipinski definition) is 1. The van der Waals surface area contributed by atoms with E-state index >= 15 is 0 Å². The van der Waals surface area contributed by atoms with Crippen LogP contribution in [0.2, 0.25) is 0 Å². The van der Waals surface area contributed by atoms with Gasteiger partial charge < -0.3 is 5.32 Å². The van der Waals surface area contributed by atoms with Crippen LogP contribution in [0.15, 0.2) is 43.0 Å². The Morgan fingerprint density at radius 3 is 2.68 bits per heavy atom. The van der Waals surface area contributed by atoms with Crippen molar-refractivity contribution in [3.8, 4) is 0 Å². The zero-order chi connectivity index (χ0) is 17.1. The third-order valence-corrected chi connectivity index (χ3v) is 5.52. The van der Waals surface area contributed by atoms with E-state index in [1.807, 2.05) is 18.3 Å². The third-order valence-electron chi connectivity index (χ3n) is 5.52. The van der Waals surface area contributed by atoms with Crippen LogP contribution < -0.4 is 5.32 Å². The van der Waals surface area contributed by atoms with Crippen molar-refractivity contribution >= 4 is 5.91 Å². The molecule has 1 aliphatic carbocycles. The van der Waals surface area contributed by atoms with E-state index in [1.54, 1.807) is 12.4 Å². The van der Waals surface area contributed by atoms with E-state index in [2.05, 4.69) is 31.2 Å². The van der Waals surface area contributed by atoms with Gasteiger partial charge in [0.15, 0.2) is 0 Å². The number of carbonyl (C=O) groups excluding carboxylic acids is 1. The second-order valence-corrected chi connectivity index (χ2v) is 7.27. The van der Waals surface area contributed by atoms with Crippen LogP contribution in [-0.4, -0.2) is 44.9 Å². The number of nitrogens with zero attached hydrogens (tertiary/aromatic N) is 4. The Morgan fingerprint density at radius 1 is 1.16 bits per heavy atom. The molecule has 1 amide bonds. The molecule has 1 N–H and O–H groups in total.